The van der Waals surface area contributed by atoms with Gasteiger partial charge in [0.25, 0.3) is 5.91 Å². The van der Waals surface area contributed by atoms with Crippen LogP contribution in [0.4, 0.5) is 5.69 Å². The van der Waals surface area contributed by atoms with E-state index in [-0.39, 0.29) is 11.8 Å². The number of rotatable bonds is 4. The number of para-hydroxylation sites is 1. The highest BCUT2D eigenvalue weighted by Crippen LogP contribution is 2.42. The van der Waals surface area contributed by atoms with Crippen LogP contribution in [-0.4, -0.2) is 11.0 Å². The predicted molar refractivity (Wildman–Crippen MR) is 67.6 cm³/mol. The average molecular weight is 231 g/mol. The van der Waals surface area contributed by atoms with Crippen molar-refractivity contribution in [1.29, 1.82) is 0 Å². The zero-order chi connectivity index (χ0) is 12.5. The number of carbonyl (C=O) groups is 1. The first-order chi connectivity index (χ1) is 8.14. The van der Waals surface area contributed by atoms with Crippen LogP contribution < -0.4 is 5.32 Å². The number of benzene rings is 1. The summed E-state index contributed by atoms with van der Waals surface area (Å²) in [6.07, 6.45) is 3.31. The summed E-state index contributed by atoms with van der Waals surface area (Å²) in [5.41, 5.74) is -0.111. The minimum Gasteiger partial charge on any atom is -0.375 e. The normalized spacial score (nSPS) is 24.0. The smallest absolute Gasteiger partial charge is 0.261 e. The van der Waals surface area contributed by atoms with Gasteiger partial charge in [0.15, 0.2) is 5.60 Å². The molecule has 2 rings (SSSR count). The third kappa shape index (κ3) is 1.67. The molecule has 3 heteroatoms. The van der Waals surface area contributed by atoms with Gasteiger partial charge in [-0.2, -0.15) is 0 Å². The maximum absolute atomic E-state index is 12.0. The number of aliphatic hydroxyl groups is 1. The fraction of sp³-hybridized carbons (Fsp3) is 0.357. The van der Waals surface area contributed by atoms with Crippen molar-refractivity contribution in [1.82, 2.24) is 0 Å². The summed E-state index contributed by atoms with van der Waals surface area (Å²) >= 11 is 0. The second kappa shape index (κ2) is 4.34. The fourth-order valence-corrected chi connectivity index (χ4v) is 2.44. The lowest BCUT2D eigenvalue weighted by atomic mass is 9.80. The first-order valence-electron chi connectivity index (χ1n) is 5.90. The number of carbonyl (C=O) groups excluding carboxylic acids is 1. The first-order valence-corrected chi connectivity index (χ1v) is 5.90. The van der Waals surface area contributed by atoms with Gasteiger partial charge in [-0.25, -0.2) is 0 Å². The van der Waals surface area contributed by atoms with Crippen LogP contribution in [0.25, 0.3) is 0 Å². The van der Waals surface area contributed by atoms with E-state index in [4.69, 9.17) is 0 Å². The number of amides is 1. The van der Waals surface area contributed by atoms with Gasteiger partial charge in [0, 0.05) is 17.2 Å². The molecule has 2 atom stereocenters. The zero-order valence-corrected chi connectivity index (χ0v) is 9.94. The molecule has 3 nitrogen and oxygen atoms in total. The number of anilines is 1. The van der Waals surface area contributed by atoms with Crippen LogP contribution in [0.5, 0.6) is 0 Å². The minimum atomic E-state index is -1.46. The van der Waals surface area contributed by atoms with Gasteiger partial charge in [-0.05, 0) is 12.5 Å². The van der Waals surface area contributed by atoms with Gasteiger partial charge >= 0.3 is 0 Å². The molecule has 1 aliphatic heterocycles. The van der Waals surface area contributed by atoms with Crippen molar-refractivity contribution in [2.45, 2.75) is 25.4 Å². The second-order valence-electron chi connectivity index (χ2n) is 4.40. The highest BCUT2D eigenvalue weighted by Gasteiger charge is 2.49. The topological polar surface area (TPSA) is 49.3 Å². The van der Waals surface area contributed by atoms with Crippen LogP contribution in [0.1, 0.15) is 25.3 Å². The van der Waals surface area contributed by atoms with Crippen LogP contribution >= 0.6 is 0 Å². The van der Waals surface area contributed by atoms with Gasteiger partial charge < -0.3 is 10.4 Å². The molecule has 1 amide bonds. The number of fused-ring (bicyclic) bond motifs is 1. The summed E-state index contributed by atoms with van der Waals surface area (Å²) in [4.78, 5) is 12.0. The molecule has 0 radical (unpaired) electrons. The molecule has 0 aliphatic carbocycles. The molecule has 0 saturated carbocycles. The highest BCUT2D eigenvalue weighted by molar-refractivity contribution is 6.05. The van der Waals surface area contributed by atoms with Gasteiger partial charge in [0.2, 0.25) is 0 Å². The Balaban J connectivity index is 2.49. The van der Waals surface area contributed by atoms with Gasteiger partial charge in [0.05, 0.1) is 0 Å². The van der Waals surface area contributed by atoms with E-state index in [1.165, 1.54) is 0 Å². The van der Waals surface area contributed by atoms with Crippen LogP contribution in [0, 0.1) is 5.92 Å². The van der Waals surface area contributed by atoms with Crippen molar-refractivity contribution in [2.75, 3.05) is 5.32 Å². The fourth-order valence-electron chi connectivity index (χ4n) is 2.44. The molecule has 1 aromatic rings. The predicted octanol–water partition coefficient (Wildman–Crippen LogP) is 2.43. The number of nitrogens with one attached hydrogen (secondary N) is 1. The Kier molecular flexibility index (Phi) is 3.03. The summed E-state index contributed by atoms with van der Waals surface area (Å²) in [7, 11) is 0. The van der Waals surface area contributed by atoms with Crippen molar-refractivity contribution >= 4 is 11.6 Å². The summed E-state index contributed by atoms with van der Waals surface area (Å²) < 4.78 is 0. The first kappa shape index (κ1) is 11.9. The summed E-state index contributed by atoms with van der Waals surface area (Å²) in [6, 6.07) is 7.26. The van der Waals surface area contributed by atoms with E-state index < -0.39 is 5.60 Å². The zero-order valence-electron chi connectivity index (χ0n) is 9.94. The quantitative estimate of drug-likeness (QED) is 0.782. The average Bonchev–Trinajstić information content (AvgIpc) is 2.60. The molecular weight excluding hydrogens is 214 g/mol. The van der Waals surface area contributed by atoms with Crippen LogP contribution in [0.15, 0.2) is 36.9 Å². The van der Waals surface area contributed by atoms with Crippen LogP contribution in [0.3, 0.4) is 0 Å². The lowest BCUT2D eigenvalue weighted by Gasteiger charge is -2.28. The molecule has 1 aromatic carbocycles. The molecule has 0 spiro atoms. The van der Waals surface area contributed by atoms with Crippen molar-refractivity contribution in [2.24, 2.45) is 5.92 Å². The van der Waals surface area contributed by atoms with Gasteiger partial charge in [0.1, 0.15) is 0 Å². The molecule has 1 heterocycles. The van der Waals surface area contributed by atoms with Crippen molar-refractivity contribution in [3.8, 4) is 0 Å². The second-order valence-corrected chi connectivity index (χ2v) is 4.40. The highest BCUT2D eigenvalue weighted by atomic mass is 16.3. The maximum Gasteiger partial charge on any atom is 0.261 e. The number of hydrogen-bond acceptors (Lipinski definition) is 2. The largest absolute Gasteiger partial charge is 0.375 e. The molecule has 90 valence electrons. The molecule has 0 saturated heterocycles. The Labute approximate surface area is 101 Å². The van der Waals surface area contributed by atoms with Crippen LogP contribution in [-0.2, 0) is 10.4 Å². The Morgan fingerprint density at radius 1 is 1.53 bits per heavy atom. The maximum atomic E-state index is 12.0. The van der Waals surface area contributed by atoms with Crippen molar-refractivity contribution in [3.05, 3.63) is 42.5 Å². The summed E-state index contributed by atoms with van der Waals surface area (Å²) in [5, 5.41) is 13.4. The molecule has 1 aliphatic rings. The van der Waals surface area contributed by atoms with Crippen molar-refractivity contribution in [3.63, 3.8) is 0 Å². The van der Waals surface area contributed by atoms with E-state index in [0.29, 0.717) is 11.3 Å². The molecule has 0 unspecified atom stereocenters. The van der Waals surface area contributed by atoms with Gasteiger partial charge in [-0.3, -0.25) is 4.79 Å². The van der Waals surface area contributed by atoms with E-state index in [1.807, 2.05) is 19.1 Å². The Bertz CT molecular complexity index is 455. The molecular formula is C14H17NO2. The molecule has 0 aromatic heterocycles. The SMILES string of the molecule is C=C[C@H](CCC)[C@@]1(O)C(=O)Nc2ccccc21. The van der Waals surface area contributed by atoms with E-state index in [0.717, 1.165) is 12.8 Å². The van der Waals surface area contributed by atoms with E-state index in [2.05, 4.69) is 11.9 Å². The molecule has 2 N–H and O–H groups in total. The van der Waals surface area contributed by atoms with Crippen molar-refractivity contribution < 1.29 is 9.90 Å². The van der Waals surface area contributed by atoms with E-state index in [9.17, 15) is 9.90 Å². The third-order valence-electron chi connectivity index (χ3n) is 3.35. The Morgan fingerprint density at radius 2 is 2.24 bits per heavy atom. The lowest BCUT2D eigenvalue weighted by Crippen LogP contribution is -2.40. The minimum absolute atomic E-state index is 0.254. The Hall–Kier alpha value is -1.61. The standard InChI is InChI=1S/C14H17NO2/c1-3-7-10(4-2)14(17)11-8-5-6-9-12(11)15-13(14)16/h4-6,8-10,17H,2-3,7H2,1H3,(H,15,16)/t10-,14+/m1/s1. The summed E-state index contributed by atoms with van der Waals surface area (Å²) in [5.74, 6) is -0.604. The lowest BCUT2D eigenvalue weighted by molar-refractivity contribution is -0.138. The Morgan fingerprint density at radius 3 is 2.88 bits per heavy atom. The molecule has 0 fully saturated rings. The number of hydrogen-bond donors (Lipinski definition) is 2. The molecule has 17 heavy (non-hydrogen) atoms. The summed E-state index contributed by atoms with van der Waals surface area (Å²) in [6.45, 7) is 5.76. The van der Waals surface area contributed by atoms with Crippen LogP contribution in [0.2, 0.25) is 0 Å². The van der Waals surface area contributed by atoms with Gasteiger partial charge in [-0.15, -0.1) is 6.58 Å². The van der Waals surface area contributed by atoms with Gasteiger partial charge in [-0.1, -0.05) is 37.6 Å². The monoisotopic (exact) mass is 231 g/mol. The van der Waals surface area contributed by atoms with E-state index in [1.54, 1.807) is 18.2 Å². The molecule has 0 bridgehead atoms. The van der Waals surface area contributed by atoms with E-state index >= 15 is 0 Å². The third-order valence-corrected chi connectivity index (χ3v) is 3.35.